The summed E-state index contributed by atoms with van der Waals surface area (Å²) in [7, 11) is 0. The van der Waals surface area contributed by atoms with E-state index in [1.54, 1.807) is 0 Å². The highest BCUT2D eigenvalue weighted by atomic mass is 16.5. The molecule has 3 heteroatoms. The number of hydrogen-bond acceptors (Lipinski definition) is 3. The highest BCUT2D eigenvalue weighted by Gasteiger charge is 2.18. The molecule has 2 rings (SSSR count). The Morgan fingerprint density at radius 2 is 1.94 bits per heavy atom. The molecule has 0 spiro atoms. The molecule has 2 N–H and O–H groups in total. The lowest BCUT2D eigenvalue weighted by atomic mass is 10.00. The zero-order chi connectivity index (χ0) is 13.0. The number of rotatable bonds is 6. The summed E-state index contributed by atoms with van der Waals surface area (Å²) in [6.45, 7) is 6.55. The van der Waals surface area contributed by atoms with E-state index in [9.17, 15) is 5.11 Å². The van der Waals surface area contributed by atoms with Gasteiger partial charge in [-0.1, -0.05) is 38.1 Å². The molecular weight excluding hydrogens is 226 g/mol. The van der Waals surface area contributed by atoms with E-state index in [1.807, 2.05) is 12.1 Å². The minimum absolute atomic E-state index is 0.417. The fraction of sp³-hybridized carbons (Fsp3) is 0.600. The number of benzene rings is 1. The third-order valence-electron chi connectivity index (χ3n) is 3.25. The van der Waals surface area contributed by atoms with Gasteiger partial charge in [-0.05, 0) is 23.5 Å². The maximum atomic E-state index is 10.1. The van der Waals surface area contributed by atoms with Crippen molar-refractivity contribution in [2.24, 2.45) is 5.92 Å². The number of aliphatic hydroxyl groups is 1. The lowest BCUT2D eigenvalue weighted by molar-refractivity contribution is -0.00981. The van der Waals surface area contributed by atoms with Gasteiger partial charge >= 0.3 is 0 Å². The molecule has 0 saturated carbocycles. The Hall–Kier alpha value is -0.900. The van der Waals surface area contributed by atoms with Gasteiger partial charge in [0.15, 0.2) is 0 Å². The molecular formula is C15H23NO2. The van der Waals surface area contributed by atoms with Gasteiger partial charge in [-0.2, -0.15) is 0 Å². The Morgan fingerprint density at radius 3 is 2.44 bits per heavy atom. The Labute approximate surface area is 109 Å². The molecule has 0 radical (unpaired) electrons. The summed E-state index contributed by atoms with van der Waals surface area (Å²) in [6.07, 6.45) is 0.660. The Balaban J connectivity index is 1.83. The molecule has 1 aromatic carbocycles. The van der Waals surface area contributed by atoms with Crippen LogP contribution in [0.25, 0.3) is 0 Å². The zero-order valence-electron chi connectivity index (χ0n) is 11.2. The molecule has 0 aromatic heterocycles. The molecule has 100 valence electrons. The van der Waals surface area contributed by atoms with Crippen molar-refractivity contribution in [2.45, 2.75) is 32.4 Å². The van der Waals surface area contributed by atoms with Gasteiger partial charge in [-0.3, -0.25) is 0 Å². The van der Waals surface area contributed by atoms with E-state index >= 15 is 0 Å². The summed E-state index contributed by atoms with van der Waals surface area (Å²) in [6, 6.07) is 8.71. The van der Waals surface area contributed by atoms with E-state index in [2.05, 4.69) is 31.3 Å². The van der Waals surface area contributed by atoms with E-state index in [1.165, 1.54) is 5.56 Å². The molecule has 0 aliphatic carbocycles. The molecule has 1 unspecified atom stereocenters. The molecule has 1 aliphatic rings. The van der Waals surface area contributed by atoms with Crippen molar-refractivity contribution in [1.29, 1.82) is 0 Å². The van der Waals surface area contributed by atoms with Crippen LogP contribution < -0.4 is 5.32 Å². The van der Waals surface area contributed by atoms with Crippen LogP contribution in [0.5, 0.6) is 0 Å². The van der Waals surface area contributed by atoms with Crippen LogP contribution in [-0.2, 0) is 11.2 Å². The van der Waals surface area contributed by atoms with Crippen LogP contribution in [0.4, 0.5) is 0 Å². The van der Waals surface area contributed by atoms with Crippen molar-refractivity contribution >= 4 is 0 Å². The smallest absolute Gasteiger partial charge is 0.0914 e. The summed E-state index contributed by atoms with van der Waals surface area (Å²) >= 11 is 0. The van der Waals surface area contributed by atoms with Crippen molar-refractivity contribution in [1.82, 2.24) is 5.32 Å². The minimum Gasteiger partial charge on any atom is -0.387 e. The topological polar surface area (TPSA) is 41.5 Å². The third-order valence-corrected chi connectivity index (χ3v) is 3.25. The van der Waals surface area contributed by atoms with Crippen LogP contribution in [0.3, 0.4) is 0 Å². The summed E-state index contributed by atoms with van der Waals surface area (Å²) in [5, 5.41) is 13.3. The molecule has 18 heavy (non-hydrogen) atoms. The van der Waals surface area contributed by atoms with Gasteiger partial charge < -0.3 is 15.2 Å². The molecule has 1 atom stereocenters. The first-order chi connectivity index (χ1) is 8.65. The highest BCUT2D eigenvalue weighted by molar-refractivity contribution is 5.24. The standard InChI is InChI=1S/C15H23NO2/c1-11(2)7-12-3-5-13(6-4-12)15(17)8-16-14-9-18-10-14/h3-6,11,14-17H,7-10H2,1-2H3. The van der Waals surface area contributed by atoms with Crippen LogP contribution in [0.15, 0.2) is 24.3 Å². The Kier molecular flexibility index (Phi) is 4.75. The molecule has 1 aromatic rings. The zero-order valence-corrected chi connectivity index (χ0v) is 11.2. The van der Waals surface area contributed by atoms with Gasteiger partial charge in [-0.25, -0.2) is 0 Å². The average Bonchev–Trinajstić information content (AvgIpc) is 2.27. The van der Waals surface area contributed by atoms with Crippen LogP contribution >= 0.6 is 0 Å². The van der Waals surface area contributed by atoms with Gasteiger partial charge in [0.2, 0.25) is 0 Å². The molecule has 0 bridgehead atoms. The van der Waals surface area contributed by atoms with E-state index in [0.717, 1.165) is 25.2 Å². The normalized spacial score (nSPS) is 17.8. The maximum absolute atomic E-state index is 10.1. The summed E-state index contributed by atoms with van der Waals surface area (Å²) < 4.78 is 5.08. The maximum Gasteiger partial charge on any atom is 0.0914 e. The first kappa shape index (κ1) is 13.5. The monoisotopic (exact) mass is 249 g/mol. The van der Waals surface area contributed by atoms with Crippen molar-refractivity contribution in [3.63, 3.8) is 0 Å². The number of hydrogen-bond donors (Lipinski definition) is 2. The van der Waals surface area contributed by atoms with E-state index in [4.69, 9.17) is 4.74 Å². The number of nitrogens with one attached hydrogen (secondary N) is 1. The summed E-state index contributed by atoms with van der Waals surface area (Å²) in [5.74, 6) is 0.668. The second kappa shape index (κ2) is 6.32. The predicted octanol–water partition coefficient (Wildman–Crippen LogP) is 1.91. The molecule has 1 aliphatic heterocycles. The molecule has 1 fully saturated rings. The van der Waals surface area contributed by atoms with Gasteiger partial charge in [0.05, 0.1) is 25.4 Å². The molecule has 1 saturated heterocycles. The average molecular weight is 249 g/mol. The fourth-order valence-electron chi connectivity index (χ4n) is 2.10. The van der Waals surface area contributed by atoms with Crippen molar-refractivity contribution < 1.29 is 9.84 Å². The van der Waals surface area contributed by atoms with Crippen LogP contribution in [-0.4, -0.2) is 30.9 Å². The van der Waals surface area contributed by atoms with E-state index in [0.29, 0.717) is 18.5 Å². The first-order valence-corrected chi connectivity index (χ1v) is 6.73. The van der Waals surface area contributed by atoms with Gasteiger partial charge in [-0.15, -0.1) is 0 Å². The lowest BCUT2D eigenvalue weighted by Crippen LogP contribution is -2.47. The predicted molar refractivity (Wildman–Crippen MR) is 72.6 cm³/mol. The summed E-state index contributed by atoms with van der Waals surface area (Å²) in [5.41, 5.74) is 2.32. The van der Waals surface area contributed by atoms with Gasteiger partial charge in [0.25, 0.3) is 0 Å². The van der Waals surface area contributed by atoms with Crippen LogP contribution in [0, 0.1) is 5.92 Å². The van der Waals surface area contributed by atoms with Crippen LogP contribution in [0.1, 0.15) is 31.1 Å². The van der Waals surface area contributed by atoms with E-state index < -0.39 is 6.10 Å². The first-order valence-electron chi connectivity index (χ1n) is 6.73. The molecule has 0 amide bonds. The minimum atomic E-state index is -0.432. The van der Waals surface area contributed by atoms with Crippen molar-refractivity contribution in [3.8, 4) is 0 Å². The Morgan fingerprint density at radius 1 is 1.28 bits per heavy atom. The van der Waals surface area contributed by atoms with E-state index in [-0.39, 0.29) is 0 Å². The number of aliphatic hydroxyl groups excluding tert-OH is 1. The quantitative estimate of drug-likeness (QED) is 0.809. The second-order valence-electron chi connectivity index (χ2n) is 5.50. The molecule has 3 nitrogen and oxygen atoms in total. The van der Waals surface area contributed by atoms with Crippen molar-refractivity contribution in [2.75, 3.05) is 19.8 Å². The van der Waals surface area contributed by atoms with Crippen molar-refractivity contribution in [3.05, 3.63) is 35.4 Å². The second-order valence-corrected chi connectivity index (χ2v) is 5.50. The van der Waals surface area contributed by atoms with Gasteiger partial charge in [0, 0.05) is 6.54 Å². The number of ether oxygens (including phenoxy) is 1. The highest BCUT2D eigenvalue weighted by Crippen LogP contribution is 2.15. The van der Waals surface area contributed by atoms with Crippen LogP contribution in [0.2, 0.25) is 0 Å². The third kappa shape index (κ3) is 3.80. The molecule has 1 heterocycles. The fourth-order valence-corrected chi connectivity index (χ4v) is 2.10. The lowest BCUT2D eigenvalue weighted by Gasteiger charge is -2.28. The Bertz CT molecular complexity index is 357. The summed E-state index contributed by atoms with van der Waals surface area (Å²) in [4.78, 5) is 0. The largest absolute Gasteiger partial charge is 0.387 e. The van der Waals surface area contributed by atoms with Gasteiger partial charge in [0.1, 0.15) is 0 Å². The SMILES string of the molecule is CC(C)Cc1ccc(C(O)CNC2COC2)cc1.